The van der Waals surface area contributed by atoms with Crippen molar-refractivity contribution in [3.63, 3.8) is 0 Å². The number of aromatic nitrogens is 2. The van der Waals surface area contributed by atoms with Crippen molar-refractivity contribution in [2.45, 2.75) is 5.88 Å². The summed E-state index contributed by atoms with van der Waals surface area (Å²) in [5.74, 6) is -0.336. The molecule has 0 aliphatic rings. The Morgan fingerprint density at radius 1 is 1.19 bits per heavy atom. The van der Waals surface area contributed by atoms with E-state index in [9.17, 15) is 9.18 Å². The number of para-hydroxylation sites is 1. The van der Waals surface area contributed by atoms with E-state index in [4.69, 9.17) is 23.2 Å². The van der Waals surface area contributed by atoms with E-state index in [1.165, 1.54) is 16.7 Å². The van der Waals surface area contributed by atoms with Crippen LogP contribution in [0.15, 0.2) is 47.3 Å². The highest BCUT2D eigenvalue weighted by atomic mass is 35.5. The lowest BCUT2D eigenvalue weighted by Crippen LogP contribution is -2.24. The van der Waals surface area contributed by atoms with Gasteiger partial charge in [0.1, 0.15) is 11.6 Å². The van der Waals surface area contributed by atoms with E-state index in [-0.39, 0.29) is 28.0 Å². The third-order valence-corrected chi connectivity index (χ3v) is 3.59. The summed E-state index contributed by atoms with van der Waals surface area (Å²) < 4.78 is 15.3. The Bertz CT molecular complexity index is 892. The van der Waals surface area contributed by atoms with Crippen LogP contribution in [0.3, 0.4) is 0 Å². The standard InChI is InChI=1S/C15H9Cl2FN2O/c16-8-14-19-12-4-2-1-3-10(12)15(21)20(14)13-6-5-9(17)7-11(13)18/h1-7H,8H2. The Hall–Kier alpha value is -1.91. The fraction of sp³-hybridized carbons (Fsp3) is 0.0667. The van der Waals surface area contributed by atoms with Crippen molar-refractivity contribution >= 4 is 34.1 Å². The molecule has 3 aromatic rings. The van der Waals surface area contributed by atoms with Crippen LogP contribution in [-0.4, -0.2) is 9.55 Å². The number of fused-ring (bicyclic) bond motifs is 1. The van der Waals surface area contributed by atoms with Crippen molar-refractivity contribution in [2.75, 3.05) is 0 Å². The summed E-state index contributed by atoms with van der Waals surface area (Å²) in [6.45, 7) is 0. The number of rotatable bonds is 2. The fourth-order valence-corrected chi connectivity index (χ4v) is 2.52. The van der Waals surface area contributed by atoms with Crippen LogP contribution in [0, 0.1) is 5.82 Å². The van der Waals surface area contributed by atoms with Crippen LogP contribution in [-0.2, 0) is 5.88 Å². The molecule has 0 aliphatic heterocycles. The van der Waals surface area contributed by atoms with Crippen LogP contribution in [0.2, 0.25) is 5.02 Å². The normalized spacial score (nSPS) is 11.0. The van der Waals surface area contributed by atoms with Gasteiger partial charge in [0.2, 0.25) is 0 Å². The highest BCUT2D eigenvalue weighted by Crippen LogP contribution is 2.20. The zero-order chi connectivity index (χ0) is 15.0. The van der Waals surface area contributed by atoms with Crippen LogP contribution in [0.5, 0.6) is 0 Å². The summed E-state index contributed by atoms with van der Waals surface area (Å²) in [4.78, 5) is 16.9. The van der Waals surface area contributed by atoms with E-state index >= 15 is 0 Å². The molecule has 0 saturated carbocycles. The second kappa shape index (κ2) is 5.47. The summed E-state index contributed by atoms with van der Waals surface area (Å²) in [5.41, 5.74) is 0.250. The number of halogens is 3. The predicted octanol–water partition coefficient (Wildman–Crippen LogP) is 3.92. The lowest BCUT2D eigenvalue weighted by atomic mass is 10.2. The van der Waals surface area contributed by atoms with Crippen molar-refractivity contribution in [1.82, 2.24) is 9.55 Å². The molecule has 0 amide bonds. The van der Waals surface area contributed by atoms with Crippen molar-refractivity contribution in [3.8, 4) is 5.69 Å². The molecule has 0 unspecified atom stereocenters. The third kappa shape index (κ3) is 2.41. The van der Waals surface area contributed by atoms with Crippen LogP contribution in [0.1, 0.15) is 5.82 Å². The molecule has 0 saturated heterocycles. The van der Waals surface area contributed by atoms with Crippen molar-refractivity contribution in [3.05, 3.63) is 69.5 Å². The number of benzene rings is 2. The summed E-state index contributed by atoms with van der Waals surface area (Å²) in [6, 6.07) is 11.0. The molecule has 1 aromatic heterocycles. The van der Waals surface area contributed by atoms with Gasteiger partial charge in [0, 0.05) is 5.02 Å². The molecule has 0 bridgehead atoms. The molecule has 0 fully saturated rings. The number of nitrogens with zero attached hydrogens (tertiary/aromatic N) is 2. The molecule has 0 spiro atoms. The van der Waals surface area contributed by atoms with E-state index in [2.05, 4.69) is 4.98 Å². The Kier molecular flexibility index (Phi) is 3.66. The zero-order valence-electron chi connectivity index (χ0n) is 10.7. The van der Waals surface area contributed by atoms with Gasteiger partial charge in [-0.05, 0) is 30.3 Å². The maximum absolute atomic E-state index is 14.1. The van der Waals surface area contributed by atoms with Gasteiger partial charge in [-0.3, -0.25) is 9.36 Å². The Morgan fingerprint density at radius 3 is 2.67 bits per heavy atom. The monoisotopic (exact) mass is 322 g/mol. The quantitative estimate of drug-likeness (QED) is 0.670. The van der Waals surface area contributed by atoms with Gasteiger partial charge in [0.15, 0.2) is 0 Å². The minimum Gasteiger partial charge on any atom is -0.268 e. The van der Waals surface area contributed by atoms with E-state index in [0.29, 0.717) is 10.9 Å². The maximum atomic E-state index is 14.1. The number of hydrogen-bond donors (Lipinski definition) is 0. The first-order valence-electron chi connectivity index (χ1n) is 6.14. The van der Waals surface area contributed by atoms with Gasteiger partial charge < -0.3 is 0 Å². The first kappa shape index (κ1) is 14.0. The minimum absolute atomic E-state index is 0.0118. The topological polar surface area (TPSA) is 34.9 Å². The van der Waals surface area contributed by atoms with Gasteiger partial charge >= 0.3 is 0 Å². The van der Waals surface area contributed by atoms with Gasteiger partial charge in [0.05, 0.1) is 22.5 Å². The highest BCUT2D eigenvalue weighted by Gasteiger charge is 2.15. The van der Waals surface area contributed by atoms with E-state index in [1.807, 2.05) is 0 Å². The molecule has 0 aliphatic carbocycles. The molecule has 2 aromatic carbocycles. The zero-order valence-corrected chi connectivity index (χ0v) is 12.2. The second-order valence-electron chi connectivity index (χ2n) is 4.42. The molecular weight excluding hydrogens is 314 g/mol. The second-order valence-corrected chi connectivity index (χ2v) is 5.12. The molecule has 0 radical (unpaired) electrons. The Balaban J connectivity index is 2.41. The Labute approximate surface area is 129 Å². The average Bonchev–Trinajstić information content (AvgIpc) is 2.48. The number of alkyl halides is 1. The summed E-state index contributed by atoms with van der Waals surface area (Å²) in [7, 11) is 0. The molecular formula is C15H9Cl2FN2O. The molecule has 1 heterocycles. The summed E-state index contributed by atoms with van der Waals surface area (Å²) in [6.07, 6.45) is 0. The minimum atomic E-state index is -0.604. The van der Waals surface area contributed by atoms with E-state index < -0.39 is 5.82 Å². The fourth-order valence-electron chi connectivity index (χ4n) is 2.18. The highest BCUT2D eigenvalue weighted by molar-refractivity contribution is 6.30. The predicted molar refractivity (Wildman–Crippen MR) is 81.9 cm³/mol. The van der Waals surface area contributed by atoms with Gasteiger partial charge in [-0.2, -0.15) is 0 Å². The SMILES string of the molecule is O=c1c2ccccc2nc(CCl)n1-c1ccc(Cl)cc1F. The van der Waals surface area contributed by atoms with Gasteiger partial charge in [-0.25, -0.2) is 9.37 Å². The van der Waals surface area contributed by atoms with Gasteiger partial charge in [-0.15, -0.1) is 11.6 Å². The first-order valence-corrected chi connectivity index (χ1v) is 7.05. The van der Waals surface area contributed by atoms with E-state index in [0.717, 1.165) is 6.07 Å². The van der Waals surface area contributed by atoms with Crippen LogP contribution < -0.4 is 5.56 Å². The largest absolute Gasteiger partial charge is 0.268 e. The Morgan fingerprint density at radius 2 is 1.95 bits per heavy atom. The molecule has 106 valence electrons. The lowest BCUT2D eigenvalue weighted by molar-refractivity contribution is 0.613. The molecule has 21 heavy (non-hydrogen) atoms. The van der Waals surface area contributed by atoms with Gasteiger partial charge in [0.25, 0.3) is 5.56 Å². The summed E-state index contributed by atoms with van der Waals surface area (Å²) >= 11 is 11.6. The third-order valence-electron chi connectivity index (χ3n) is 3.12. The molecule has 3 nitrogen and oxygen atoms in total. The molecule has 3 rings (SSSR count). The lowest BCUT2D eigenvalue weighted by Gasteiger charge is -2.12. The average molecular weight is 323 g/mol. The molecule has 0 atom stereocenters. The van der Waals surface area contributed by atoms with Crippen molar-refractivity contribution < 1.29 is 4.39 Å². The van der Waals surface area contributed by atoms with Crippen molar-refractivity contribution in [1.29, 1.82) is 0 Å². The maximum Gasteiger partial charge on any atom is 0.266 e. The molecule has 0 N–H and O–H groups in total. The van der Waals surface area contributed by atoms with Gasteiger partial charge in [-0.1, -0.05) is 23.7 Å². The van der Waals surface area contributed by atoms with E-state index in [1.54, 1.807) is 24.3 Å². The summed E-state index contributed by atoms with van der Waals surface area (Å²) in [5, 5.41) is 0.659. The smallest absolute Gasteiger partial charge is 0.266 e. The molecule has 6 heteroatoms. The van der Waals surface area contributed by atoms with Crippen LogP contribution >= 0.6 is 23.2 Å². The van der Waals surface area contributed by atoms with Crippen LogP contribution in [0.4, 0.5) is 4.39 Å². The van der Waals surface area contributed by atoms with Crippen molar-refractivity contribution in [2.24, 2.45) is 0 Å². The first-order chi connectivity index (χ1) is 10.1. The number of hydrogen-bond acceptors (Lipinski definition) is 2. The van der Waals surface area contributed by atoms with Crippen LogP contribution in [0.25, 0.3) is 16.6 Å².